The second kappa shape index (κ2) is 8.47. The van der Waals surface area contributed by atoms with Crippen molar-refractivity contribution in [3.8, 4) is 11.3 Å². The Balaban J connectivity index is 1.83. The Kier molecular flexibility index (Phi) is 5.84. The lowest BCUT2D eigenvalue weighted by Crippen LogP contribution is -2.37. The molecular formula is C22H23N3O2. The van der Waals surface area contributed by atoms with Gasteiger partial charge in [-0.1, -0.05) is 60.7 Å². The van der Waals surface area contributed by atoms with Gasteiger partial charge in [0.1, 0.15) is 5.56 Å². The molecule has 27 heavy (non-hydrogen) atoms. The van der Waals surface area contributed by atoms with Gasteiger partial charge >= 0.3 is 0 Å². The van der Waals surface area contributed by atoms with Crippen LogP contribution in [-0.2, 0) is 0 Å². The normalized spacial score (nSPS) is 12.0. The van der Waals surface area contributed by atoms with Crippen LogP contribution in [0.25, 0.3) is 11.3 Å². The summed E-state index contributed by atoms with van der Waals surface area (Å²) in [4.78, 5) is 30.0. The van der Waals surface area contributed by atoms with Crippen LogP contribution in [0.15, 0.2) is 77.6 Å². The monoisotopic (exact) mass is 361 g/mol. The number of nitrogens with one attached hydrogen (secondary N) is 2. The SMILES string of the molecule is CN(C)CC(NC(=O)c1ccc(-c2ccccc2)[nH]c1=O)c1ccccc1. The van der Waals surface area contributed by atoms with E-state index >= 15 is 0 Å². The Labute approximate surface area is 158 Å². The van der Waals surface area contributed by atoms with E-state index in [0.29, 0.717) is 12.2 Å². The van der Waals surface area contributed by atoms with Gasteiger partial charge in [-0.15, -0.1) is 0 Å². The van der Waals surface area contributed by atoms with Crippen LogP contribution in [0.3, 0.4) is 0 Å². The van der Waals surface area contributed by atoms with Crippen molar-refractivity contribution in [2.75, 3.05) is 20.6 Å². The first-order valence-corrected chi connectivity index (χ1v) is 8.84. The summed E-state index contributed by atoms with van der Waals surface area (Å²) in [6.45, 7) is 0.635. The average Bonchev–Trinajstić information content (AvgIpc) is 2.68. The van der Waals surface area contributed by atoms with Crippen molar-refractivity contribution in [1.82, 2.24) is 15.2 Å². The van der Waals surface area contributed by atoms with E-state index in [2.05, 4.69) is 10.3 Å². The molecule has 5 heteroatoms. The number of carbonyl (C=O) groups excluding carboxylic acids is 1. The molecule has 0 bridgehead atoms. The zero-order valence-electron chi connectivity index (χ0n) is 15.5. The summed E-state index contributed by atoms with van der Waals surface area (Å²) in [5, 5.41) is 2.98. The lowest BCUT2D eigenvalue weighted by Gasteiger charge is -2.22. The van der Waals surface area contributed by atoms with E-state index in [0.717, 1.165) is 11.1 Å². The number of H-pyrrole nitrogens is 1. The third kappa shape index (κ3) is 4.71. The number of aromatic nitrogens is 1. The fraction of sp³-hybridized carbons (Fsp3) is 0.182. The van der Waals surface area contributed by atoms with Crippen LogP contribution >= 0.6 is 0 Å². The minimum Gasteiger partial charge on any atom is -0.344 e. The van der Waals surface area contributed by atoms with Crippen LogP contribution in [0.4, 0.5) is 0 Å². The number of aromatic amines is 1. The highest BCUT2D eigenvalue weighted by atomic mass is 16.2. The van der Waals surface area contributed by atoms with Gasteiger partial charge in [-0.25, -0.2) is 0 Å². The summed E-state index contributed by atoms with van der Waals surface area (Å²) >= 11 is 0. The fourth-order valence-electron chi connectivity index (χ4n) is 2.96. The summed E-state index contributed by atoms with van der Waals surface area (Å²) in [5.41, 5.74) is 2.29. The van der Waals surface area contributed by atoms with Gasteiger partial charge in [0.15, 0.2) is 0 Å². The van der Waals surface area contributed by atoms with Crippen LogP contribution in [0.2, 0.25) is 0 Å². The van der Waals surface area contributed by atoms with E-state index in [4.69, 9.17) is 0 Å². The summed E-state index contributed by atoms with van der Waals surface area (Å²) in [6.07, 6.45) is 0. The second-order valence-corrected chi connectivity index (χ2v) is 6.68. The molecule has 0 saturated heterocycles. The van der Waals surface area contributed by atoms with Crippen LogP contribution < -0.4 is 10.9 Å². The predicted molar refractivity (Wildman–Crippen MR) is 108 cm³/mol. The van der Waals surface area contributed by atoms with E-state index in [-0.39, 0.29) is 17.5 Å². The molecule has 3 aromatic rings. The van der Waals surface area contributed by atoms with Gasteiger partial charge in [-0.05, 0) is 37.4 Å². The van der Waals surface area contributed by atoms with Gasteiger partial charge in [-0.3, -0.25) is 9.59 Å². The lowest BCUT2D eigenvalue weighted by atomic mass is 10.1. The van der Waals surface area contributed by atoms with Crippen LogP contribution in [0.1, 0.15) is 22.0 Å². The smallest absolute Gasteiger partial charge is 0.261 e. The minimum atomic E-state index is -0.398. The summed E-state index contributed by atoms with van der Waals surface area (Å²) in [5.74, 6) is -0.383. The van der Waals surface area contributed by atoms with Gasteiger partial charge in [0, 0.05) is 12.2 Å². The molecule has 0 fully saturated rings. The predicted octanol–water partition coefficient (Wildman–Crippen LogP) is 3.07. The molecule has 0 radical (unpaired) electrons. The number of pyridine rings is 1. The number of hydrogen-bond donors (Lipinski definition) is 2. The fourth-order valence-corrected chi connectivity index (χ4v) is 2.96. The van der Waals surface area contributed by atoms with Crippen LogP contribution in [0, 0.1) is 0 Å². The molecule has 1 aromatic heterocycles. The third-order valence-electron chi connectivity index (χ3n) is 4.29. The average molecular weight is 361 g/mol. The maximum Gasteiger partial charge on any atom is 0.261 e. The maximum absolute atomic E-state index is 12.7. The number of likely N-dealkylation sites (N-methyl/N-ethyl adjacent to an activating group) is 1. The highest BCUT2D eigenvalue weighted by Crippen LogP contribution is 2.16. The Morgan fingerprint density at radius 2 is 1.59 bits per heavy atom. The minimum absolute atomic E-state index is 0.106. The highest BCUT2D eigenvalue weighted by molar-refractivity contribution is 5.94. The zero-order chi connectivity index (χ0) is 19.2. The molecule has 0 spiro atoms. The summed E-state index contributed by atoms with van der Waals surface area (Å²) in [6, 6.07) is 22.4. The Hall–Kier alpha value is -3.18. The first-order chi connectivity index (χ1) is 13.0. The van der Waals surface area contributed by atoms with Gasteiger partial charge < -0.3 is 15.2 Å². The van der Waals surface area contributed by atoms with Gasteiger partial charge in [0.2, 0.25) is 0 Å². The number of nitrogens with zero attached hydrogens (tertiary/aromatic N) is 1. The molecular weight excluding hydrogens is 338 g/mol. The quantitative estimate of drug-likeness (QED) is 0.709. The molecule has 0 aliphatic carbocycles. The van der Waals surface area contributed by atoms with E-state index in [1.807, 2.05) is 79.7 Å². The van der Waals surface area contributed by atoms with Crippen molar-refractivity contribution >= 4 is 5.91 Å². The Bertz CT molecular complexity index is 950. The third-order valence-corrected chi connectivity index (χ3v) is 4.29. The molecule has 0 aliphatic heterocycles. The molecule has 5 nitrogen and oxygen atoms in total. The number of carbonyl (C=O) groups is 1. The van der Waals surface area contributed by atoms with Gasteiger partial charge in [-0.2, -0.15) is 0 Å². The number of hydrogen-bond acceptors (Lipinski definition) is 3. The molecule has 1 atom stereocenters. The van der Waals surface area contributed by atoms with Crippen molar-refractivity contribution in [2.45, 2.75) is 6.04 Å². The van der Waals surface area contributed by atoms with Gasteiger partial charge in [0.05, 0.1) is 6.04 Å². The van der Waals surface area contributed by atoms with Crippen molar-refractivity contribution in [2.24, 2.45) is 0 Å². The van der Waals surface area contributed by atoms with Crippen LogP contribution in [-0.4, -0.2) is 36.4 Å². The lowest BCUT2D eigenvalue weighted by molar-refractivity contribution is 0.0928. The molecule has 1 heterocycles. The number of rotatable bonds is 6. The maximum atomic E-state index is 12.7. The molecule has 1 unspecified atom stereocenters. The van der Waals surface area contributed by atoms with Gasteiger partial charge in [0.25, 0.3) is 11.5 Å². The molecule has 3 rings (SSSR count). The first kappa shape index (κ1) is 18.6. The zero-order valence-corrected chi connectivity index (χ0v) is 15.5. The number of amides is 1. The summed E-state index contributed by atoms with van der Waals surface area (Å²) in [7, 11) is 3.90. The highest BCUT2D eigenvalue weighted by Gasteiger charge is 2.18. The molecule has 0 aliphatic rings. The standard InChI is InChI=1S/C22H23N3O2/c1-25(2)15-20(17-11-7-4-8-12-17)24-22(27)18-13-14-19(23-21(18)26)16-9-5-3-6-10-16/h3-14,20H,15H2,1-2H3,(H,23,26)(H,24,27). The molecule has 1 amide bonds. The van der Waals surface area contributed by atoms with Crippen molar-refractivity contribution in [1.29, 1.82) is 0 Å². The van der Waals surface area contributed by atoms with E-state index in [1.165, 1.54) is 0 Å². The molecule has 2 N–H and O–H groups in total. The van der Waals surface area contributed by atoms with E-state index in [9.17, 15) is 9.59 Å². The van der Waals surface area contributed by atoms with E-state index in [1.54, 1.807) is 12.1 Å². The first-order valence-electron chi connectivity index (χ1n) is 8.84. The molecule has 2 aromatic carbocycles. The van der Waals surface area contributed by atoms with Crippen molar-refractivity contribution in [3.63, 3.8) is 0 Å². The molecule has 0 saturated carbocycles. The van der Waals surface area contributed by atoms with Crippen LogP contribution in [0.5, 0.6) is 0 Å². The van der Waals surface area contributed by atoms with E-state index < -0.39 is 5.56 Å². The molecule has 138 valence electrons. The summed E-state index contributed by atoms with van der Waals surface area (Å²) < 4.78 is 0. The van der Waals surface area contributed by atoms with Crippen molar-refractivity contribution in [3.05, 3.63) is 94.3 Å². The Morgan fingerprint density at radius 3 is 2.19 bits per heavy atom. The Morgan fingerprint density at radius 1 is 0.963 bits per heavy atom. The second-order valence-electron chi connectivity index (χ2n) is 6.68. The number of benzene rings is 2. The largest absolute Gasteiger partial charge is 0.344 e. The topological polar surface area (TPSA) is 65.2 Å². The van der Waals surface area contributed by atoms with Crippen molar-refractivity contribution < 1.29 is 4.79 Å².